The summed E-state index contributed by atoms with van der Waals surface area (Å²) in [5, 5.41) is 12.0. The minimum absolute atomic E-state index is 0.103. The lowest BCUT2D eigenvalue weighted by Crippen LogP contribution is -2.21. The molecule has 0 bridgehead atoms. The summed E-state index contributed by atoms with van der Waals surface area (Å²) in [6.07, 6.45) is -0.177. The van der Waals surface area contributed by atoms with Gasteiger partial charge in [0.05, 0.1) is 5.92 Å². The van der Waals surface area contributed by atoms with Gasteiger partial charge < -0.3 is 10.4 Å². The summed E-state index contributed by atoms with van der Waals surface area (Å²) in [4.78, 5) is 34.9. The van der Waals surface area contributed by atoms with Crippen LogP contribution in [-0.4, -0.2) is 22.8 Å². The number of hydrogen-bond acceptors (Lipinski definition) is 3. The predicted molar refractivity (Wildman–Crippen MR) is 86.5 cm³/mol. The van der Waals surface area contributed by atoms with Gasteiger partial charge in [-0.15, -0.1) is 0 Å². The Morgan fingerprint density at radius 3 is 2.35 bits per heavy atom. The lowest BCUT2D eigenvalue weighted by Gasteiger charge is -2.13. The van der Waals surface area contributed by atoms with Gasteiger partial charge in [0.2, 0.25) is 5.91 Å². The number of aliphatic carboxylic acids is 1. The summed E-state index contributed by atoms with van der Waals surface area (Å²) in [7, 11) is 0. The average molecular weight is 311 g/mol. The molecular formula is C18H17NO4. The van der Waals surface area contributed by atoms with Gasteiger partial charge in [-0.05, 0) is 24.6 Å². The summed E-state index contributed by atoms with van der Waals surface area (Å²) >= 11 is 0. The number of anilines is 1. The van der Waals surface area contributed by atoms with Crippen LogP contribution in [0.1, 0.15) is 35.2 Å². The van der Waals surface area contributed by atoms with E-state index in [0.717, 1.165) is 0 Å². The number of carboxylic acids is 1. The lowest BCUT2D eigenvalue weighted by atomic mass is 9.95. The maximum absolute atomic E-state index is 12.1. The molecule has 0 aliphatic heterocycles. The zero-order valence-electron chi connectivity index (χ0n) is 12.7. The van der Waals surface area contributed by atoms with Crippen molar-refractivity contribution in [3.8, 4) is 0 Å². The molecule has 1 amide bonds. The molecular weight excluding hydrogens is 294 g/mol. The SMILES string of the molecule is CC(=O)c1cccc(NC(=O)CC(C(=O)O)c2ccccc2)c1. The molecule has 0 aliphatic rings. The Balaban J connectivity index is 2.10. The second kappa shape index (κ2) is 7.35. The third-order valence-electron chi connectivity index (χ3n) is 3.44. The van der Waals surface area contributed by atoms with Crippen LogP contribution in [0.15, 0.2) is 54.6 Å². The van der Waals surface area contributed by atoms with E-state index >= 15 is 0 Å². The van der Waals surface area contributed by atoms with Crippen molar-refractivity contribution in [2.45, 2.75) is 19.3 Å². The Kier molecular flexibility index (Phi) is 5.25. The number of carbonyl (C=O) groups excluding carboxylic acids is 2. The predicted octanol–water partition coefficient (Wildman–Crippen LogP) is 3.09. The number of hydrogen-bond donors (Lipinski definition) is 2. The van der Waals surface area contributed by atoms with E-state index in [9.17, 15) is 19.5 Å². The van der Waals surface area contributed by atoms with Crippen LogP contribution in [0.3, 0.4) is 0 Å². The molecule has 2 rings (SSSR count). The molecule has 2 N–H and O–H groups in total. The van der Waals surface area contributed by atoms with Gasteiger partial charge in [0.15, 0.2) is 5.78 Å². The number of carbonyl (C=O) groups is 3. The molecule has 5 nitrogen and oxygen atoms in total. The number of ketones is 1. The monoisotopic (exact) mass is 311 g/mol. The lowest BCUT2D eigenvalue weighted by molar-refractivity contribution is -0.140. The zero-order chi connectivity index (χ0) is 16.8. The van der Waals surface area contributed by atoms with Crippen LogP contribution >= 0.6 is 0 Å². The standard InChI is InChI=1S/C18H17NO4/c1-12(20)14-8-5-9-15(10-14)19-17(21)11-16(18(22)23)13-6-3-2-4-7-13/h2-10,16H,11H2,1H3,(H,19,21)(H,22,23). The van der Waals surface area contributed by atoms with Crippen LogP contribution in [0.5, 0.6) is 0 Å². The number of Topliss-reactive ketones (excluding diaryl/α,β-unsaturated/α-hetero) is 1. The number of rotatable bonds is 6. The van der Waals surface area contributed by atoms with Crippen molar-refractivity contribution in [2.24, 2.45) is 0 Å². The van der Waals surface area contributed by atoms with Gasteiger partial charge in [0.25, 0.3) is 0 Å². The number of nitrogens with one attached hydrogen (secondary N) is 1. The van der Waals surface area contributed by atoms with Crippen molar-refractivity contribution in [3.05, 3.63) is 65.7 Å². The molecule has 2 aromatic rings. The summed E-state index contributed by atoms with van der Waals surface area (Å²) < 4.78 is 0. The van der Waals surface area contributed by atoms with Crippen molar-refractivity contribution in [3.63, 3.8) is 0 Å². The molecule has 0 heterocycles. The van der Waals surface area contributed by atoms with Crippen LogP contribution in [0, 0.1) is 0 Å². The van der Waals surface area contributed by atoms with Crippen LogP contribution in [-0.2, 0) is 9.59 Å². The molecule has 1 atom stereocenters. The molecule has 118 valence electrons. The van der Waals surface area contributed by atoms with Crippen molar-refractivity contribution < 1.29 is 19.5 Å². The first-order chi connectivity index (χ1) is 11.0. The van der Waals surface area contributed by atoms with Crippen molar-refractivity contribution in [1.29, 1.82) is 0 Å². The van der Waals surface area contributed by atoms with E-state index < -0.39 is 17.8 Å². The summed E-state index contributed by atoms with van der Waals surface area (Å²) in [5.41, 5.74) is 1.54. The summed E-state index contributed by atoms with van der Waals surface area (Å²) in [5.74, 6) is -2.48. The van der Waals surface area contributed by atoms with Gasteiger partial charge in [-0.3, -0.25) is 14.4 Å². The van der Waals surface area contributed by atoms with E-state index in [1.165, 1.54) is 6.92 Å². The van der Waals surface area contributed by atoms with Crippen LogP contribution in [0.4, 0.5) is 5.69 Å². The molecule has 23 heavy (non-hydrogen) atoms. The molecule has 2 aromatic carbocycles. The third kappa shape index (κ3) is 4.51. The first kappa shape index (κ1) is 16.4. The molecule has 0 spiro atoms. The number of amides is 1. The average Bonchev–Trinajstić information content (AvgIpc) is 2.53. The van der Waals surface area contributed by atoms with E-state index in [1.807, 2.05) is 0 Å². The Morgan fingerprint density at radius 1 is 1.04 bits per heavy atom. The maximum atomic E-state index is 12.1. The van der Waals surface area contributed by atoms with Gasteiger partial charge in [0.1, 0.15) is 0 Å². The highest BCUT2D eigenvalue weighted by Gasteiger charge is 2.23. The topological polar surface area (TPSA) is 83.5 Å². The number of carboxylic acid groups (broad SMARTS) is 1. The van der Waals surface area contributed by atoms with Gasteiger partial charge in [-0.1, -0.05) is 42.5 Å². The number of benzene rings is 2. The molecule has 0 aromatic heterocycles. The second-order valence-electron chi connectivity index (χ2n) is 5.19. The fourth-order valence-corrected chi connectivity index (χ4v) is 2.25. The van der Waals surface area contributed by atoms with E-state index in [0.29, 0.717) is 16.8 Å². The van der Waals surface area contributed by atoms with Gasteiger partial charge >= 0.3 is 5.97 Å². The Labute approximate surface area is 134 Å². The van der Waals surface area contributed by atoms with Gasteiger partial charge in [0, 0.05) is 17.7 Å². The maximum Gasteiger partial charge on any atom is 0.311 e. The van der Waals surface area contributed by atoms with Crippen LogP contribution < -0.4 is 5.32 Å². The van der Waals surface area contributed by atoms with Crippen molar-refractivity contribution in [1.82, 2.24) is 0 Å². The second-order valence-corrected chi connectivity index (χ2v) is 5.19. The van der Waals surface area contributed by atoms with Gasteiger partial charge in [-0.25, -0.2) is 0 Å². The highest BCUT2D eigenvalue weighted by atomic mass is 16.4. The Hall–Kier alpha value is -2.95. The minimum atomic E-state index is -1.05. The molecule has 5 heteroatoms. The largest absolute Gasteiger partial charge is 0.481 e. The van der Waals surface area contributed by atoms with E-state index in [-0.39, 0.29) is 12.2 Å². The normalized spacial score (nSPS) is 11.5. The van der Waals surface area contributed by atoms with E-state index in [4.69, 9.17) is 0 Å². The van der Waals surface area contributed by atoms with Crippen LogP contribution in [0.25, 0.3) is 0 Å². The highest BCUT2D eigenvalue weighted by Crippen LogP contribution is 2.21. The highest BCUT2D eigenvalue weighted by molar-refractivity contribution is 5.98. The molecule has 0 fully saturated rings. The summed E-state index contributed by atoms with van der Waals surface area (Å²) in [6.45, 7) is 1.44. The van der Waals surface area contributed by atoms with E-state index in [2.05, 4.69) is 5.32 Å². The summed E-state index contributed by atoms with van der Waals surface area (Å²) in [6, 6.07) is 15.2. The zero-order valence-corrected chi connectivity index (χ0v) is 12.7. The fourth-order valence-electron chi connectivity index (χ4n) is 2.25. The van der Waals surface area contributed by atoms with Crippen molar-refractivity contribution >= 4 is 23.3 Å². The van der Waals surface area contributed by atoms with Crippen molar-refractivity contribution in [2.75, 3.05) is 5.32 Å². The first-order valence-corrected chi connectivity index (χ1v) is 7.16. The third-order valence-corrected chi connectivity index (χ3v) is 3.44. The molecule has 0 radical (unpaired) electrons. The first-order valence-electron chi connectivity index (χ1n) is 7.16. The van der Waals surface area contributed by atoms with Gasteiger partial charge in [-0.2, -0.15) is 0 Å². The molecule has 0 aliphatic carbocycles. The smallest absolute Gasteiger partial charge is 0.311 e. The Morgan fingerprint density at radius 2 is 1.74 bits per heavy atom. The van der Waals surface area contributed by atoms with Crippen LogP contribution in [0.2, 0.25) is 0 Å². The molecule has 0 saturated carbocycles. The molecule has 1 unspecified atom stereocenters. The fraction of sp³-hybridized carbons (Fsp3) is 0.167. The molecule has 0 saturated heterocycles. The minimum Gasteiger partial charge on any atom is -0.481 e. The van der Waals surface area contributed by atoms with E-state index in [1.54, 1.807) is 54.6 Å². The quantitative estimate of drug-likeness (QED) is 0.803. The Bertz CT molecular complexity index is 725.